The third-order valence-electron chi connectivity index (χ3n) is 3.83. The van der Waals surface area contributed by atoms with Gasteiger partial charge in [-0.3, -0.25) is 0 Å². The van der Waals surface area contributed by atoms with Gasteiger partial charge in [-0.2, -0.15) is 0 Å². The highest BCUT2D eigenvalue weighted by molar-refractivity contribution is 6.46. The summed E-state index contributed by atoms with van der Waals surface area (Å²) in [4.78, 5) is 0. The van der Waals surface area contributed by atoms with E-state index in [0.29, 0.717) is 5.31 Å². The Labute approximate surface area is 71.0 Å². The minimum Gasteiger partial charge on any atom is -0.0683 e. The first-order valence-corrected chi connectivity index (χ1v) is 5.09. The molecular weight excluding hydrogens is 131 g/mol. The Morgan fingerprint density at radius 2 is 2.09 bits per heavy atom. The lowest BCUT2D eigenvalue weighted by molar-refractivity contribution is 0.318. The van der Waals surface area contributed by atoms with Crippen LogP contribution < -0.4 is 0 Å². The van der Waals surface area contributed by atoms with E-state index < -0.39 is 0 Å². The van der Waals surface area contributed by atoms with Gasteiger partial charge >= 0.3 is 0 Å². The van der Waals surface area contributed by atoms with Crippen LogP contribution in [0.15, 0.2) is 0 Å². The second-order valence-corrected chi connectivity index (χ2v) is 4.76. The molecule has 0 aromatic carbocycles. The topological polar surface area (TPSA) is 0 Å². The predicted molar refractivity (Wildman–Crippen MR) is 50.1 cm³/mol. The Balaban J connectivity index is 2.05. The number of fused-ring (bicyclic) bond motifs is 3. The normalized spacial score (nSPS) is 42.6. The Bertz CT molecular complexity index is 139. The van der Waals surface area contributed by atoms with Crippen LogP contribution in [0.25, 0.3) is 0 Å². The van der Waals surface area contributed by atoms with Gasteiger partial charge in [0.2, 0.25) is 0 Å². The maximum atomic E-state index is 2.66. The van der Waals surface area contributed by atoms with E-state index in [0.717, 1.165) is 11.7 Å². The SMILES string of the molecule is CC(C)C12[B]C(CCCC1)C2. The lowest BCUT2D eigenvalue weighted by Crippen LogP contribution is -2.39. The van der Waals surface area contributed by atoms with Crippen molar-refractivity contribution in [2.45, 2.75) is 57.1 Å². The van der Waals surface area contributed by atoms with Crippen LogP contribution in [0.4, 0.5) is 0 Å². The summed E-state index contributed by atoms with van der Waals surface area (Å²) in [7, 11) is 2.66. The van der Waals surface area contributed by atoms with Gasteiger partial charge in [-0.15, -0.1) is 0 Å². The van der Waals surface area contributed by atoms with E-state index in [4.69, 9.17) is 0 Å². The Morgan fingerprint density at radius 1 is 1.36 bits per heavy atom. The molecule has 2 aliphatic heterocycles. The molecule has 3 rings (SSSR count). The van der Waals surface area contributed by atoms with Crippen LogP contribution in [0.5, 0.6) is 0 Å². The first-order valence-electron chi connectivity index (χ1n) is 5.09. The number of hydrogen-bond acceptors (Lipinski definition) is 0. The molecule has 2 heterocycles. The van der Waals surface area contributed by atoms with Crippen molar-refractivity contribution in [1.29, 1.82) is 0 Å². The monoisotopic (exact) mass is 149 g/mol. The van der Waals surface area contributed by atoms with E-state index in [1.165, 1.54) is 32.1 Å². The standard InChI is InChI=1S/C10H18B/c1-8(2)10-6-4-3-5-9(7-10)11-10/h8-9H,3-7H2,1-2H3. The molecule has 2 saturated heterocycles. The van der Waals surface area contributed by atoms with Gasteiger partial charge in [0.05, 0.1) is 0 Å². The molecule has 61 valence electrons. The number of rotatable bonds is 1. The Morgan fingerprint density at radius 3 is 2.73 bits per heavy atom. The van der Waals surface area contributed by atoms with Gasteiger partial charge in [0.25, 0.3) is 0 Å². The summed E-state index contributed by atoms with van der Waals surface area (Å²) in [6.45, 7) is 4.77. The highest BCUT2D eigenvalue weighted by atomic mass is 14.4. The van der Waals surface area contributed by atoms with Gasteiger partial charge in [0, 0.05) is 0 Å². The first kappa shape index (κ1) is 7.70. The van der Waals surface area contributed by atoms with Crippen molar-refractivity contribution in [3.05, 3.63) is 0 Å². The summed E-state index contributed by atoms with van der Waals surface area (Å²) in [5, 5.41) is 0.682. The van der Waals surface area contributed by atoms with Crippen molar-refractivity contribution in [1.82, 2.24) is 0 Å². The third-order valence-corrected chi connectivity index (χ3v) is 3.83. The van der Waals surface area contributed by atoms with E-state index in [1.54, 1.807) is 0 Å². The molecule has 1 heteroatoms. The van der Waals surface area contributed by atoms with Gasteiger partial charge in [-0.05, 0) is 5.92 Å². The predicted octanol–water partition coefficient (Wildman–Crippen LogP) is 3.27. The van der Waals surface area contributed by atoms with Crippen molar-refractivity contribution >= 4 is 7.28 Å². The maximum absolute atomic E-state index is 2.66. The zero-order chi connectivity index (χ0) is 7.90. The van der Waals surface area contributed by atoms with Gasteiger partial charge in [0.15, 0.2) is 0 Å². The molecule has 0 aromatic rings. The van der Waals surface area contributed by atoms with Crippen LogP contribution in [0.2, 0.25) is 11.1 Å². The summed E-state index contributed by atoms with van der Waals surface area (Å²) in [5.41, 5.74) is 0. The Kier molecular flexibility index (Phi) is 1.77. The van der Waals surface area contributed by atoms with Crippen LogP contribution in [0.3, 0.4) is 0 Å². The zero-order valence-electron chi connectivity index (χ0n) is 7.77. The second-order valence-electron chi connectivity index (χ2n) is 4.76. The van der Waals surface area contributed by atoms with Crippen molar-refractivity contribution in [2.24, 2.45) is 5.92 Å². The van der Waals surface area contributed by atoms with Gasteiger partial charge < -0.3 is 0 Å². The molecule has 1 radical (unpaired) electrons. The maximum Gasteiger partial charge on any atom is 0.122 e. The highest BCUT2D eigenvalue weighted by Crippen LogP contribution is 2.60. The van der Waals surface area contributed by atoms with Crippen molar-refractivity contribution in [2.75, 3.05) is 0 Å². The second kappa shape index (κ2) is 2.53. The summed E-state index contributed by atoms with van der Waals surface area (Å²) >= 11 is 0. The van der Waals surface area contributed by atoms with Crippen molar-refractivity contribution < 1.29 is 0 Å². The smallest absolute Gasteiger partial charge is 0.0683 e. The summed E-state index contributed by atoms with van der Waals surface area (Å²) in [6, 6.07) is 0. The highest BCUT2D eigenvalue weighted by Gasteiger charge is 2.47. The fourth-order valence-electron chi connectivity index (χ4n) is 2.87. The minimum atomic E-state index is 0.682. The molecule has 2 bridgehead atoms. The van der Waals surface area contributed by atoms with Crippen molar-refractivity contribution in [3.8, 4) is 0 Å². The molecule has 2 unspecified atom stereocenters. The summed E-state index contributed by atoms with van der Waals surface area (Å²) in [5.74, 6) is 1.89. The lowest BCUT2D eigenvalue weighted by Gasteiger charge is -2.49. The average Bonchev–Trinajstić information content (AvgIpc) is 2.14. The number of hydrogen-bond donors (Lipinski definition) is 0. The Hall–Kier alpha value is 0.0649. The van der Waals surface area contributed by atoms with E-state index in [2.05, 4.69) is 21.1 Å². The van der Waals surface area contributed by atoms with E-state index in [9.17, 15) is 0 Å². The van der Waals surface area contributed by atoms with Crippen LogP contribution in [-0.2, 0) is 0 Å². The fraction of sp³-hybridized carbons (Fsp3) is 1.00. The quantitative estimate of drug-likeness (QED) is 0.502. The van der Waals surface area contributed by atoms with E-state index in [-0.39, 0.29) is 0 Å². The molecule has 0 aromatic heterocycles. The molecular formula is C10H18B. The molecule has 3 fully saturated rings. The van der Waals surface area contributed by atoms with Gasteiger partial charge in [-0.1, -0.05) is 57.1 Å². The fourth-order valence-corrected chi connectivity index (χ4v) is 2.87. The van der Waals surface area contributed by atoms with Crippen LogP contribution in [-0.4, -0.2) is 7.28 Å². The molecule has 3 aliphatic rings. The van der Waals surface area contributed by atoms with E-state index in [1.807, 2.05) is 0 Å². The van der Waals surface area contributed by atoms with Crippen LogP contribution >= 0.6 is 0 Å². The average molecular weight is 149 g/mol. The molecule has 0 spiro atoms. The summed E-state index contributed by atoms with van der Waals surface area (Å²) < 4.78 is 0. The van der Waals surface area contributed by atoms with Crippen LogP contribution in [0, 0.1) is 5.92 Å². The largest absolute Gasteiger partial charge is 0.122 e. The molecule has 1 saturated carbocycles. The molecule has 1 aliphatic carbocycles. The molecule has 0 N–H and O–H groups in total. The summed E-state index contributed by atoms with van der Waals surface area (Å²) in [6.07, 6.45) is 7.42. The van der Waals surface area contributed by atoms with Crippen LogP contribution in [0.1, 0.15) is 46.0 Å². The zero-order valence-corrected chi connectivity index (χ0v) is 7.77. The van der Waals surface area contributed by atoms with E-state index >= 15 is 0 Å². The van der Waals surface area contributed by atoms with Gasteiger partial charge in [0.1, 0.15) is 7.28 Å². The minimum absolute atomic E-state index is 0.682. The first-order chi connectivity index (χ1) is 5.23. The van der Waals surface area contributed by atoms with Crippen molar-refractivity contribution in [3.63, 3.8) is 0 Å². The lowest BCUT2D eigenvalue weighted by atomic mass is 9.28. The molecule has 0 nitrogen and oxygen atoms in total. The van der Waals surface area contributed by atoms with Gasteiger partial charge in [-0.25, -0.2) is 0 Å². The molecule has 0 amide bonds. The third kappa shape index (κ3) is 1.13. The molecule has 2 atom stereocenters. The molecule has 11 heavy (non-hydrogen) atoms.